The van der Waals surface area contributed by atoms with E-state index in [1.165, 1.54) is 18.6 Å². The predicted molar refractivity (Wildman–Crippen MR) is 135 cm³/mol. The molecule has 1 unspecified atom stereocenters. The Labute approximate surface area is 210 Å². The number of halogens is 2. The quantitative estimate of drug-likeness (QED) is 0.441. The molecule has 0 radical (unpaired) electrons. The molecule has 0 heterocycles. The van der Waals surface area contributed by atoms with Crippen molar-refractivity contribution in [2.24, 2.45) is 0 Å². The number of hydrogen-bond acceptors (Lipinski definition) is 3. The van der Waals surface area contributed by atoms with Gasteiger partial charge in [0, 0.05) is 17.1 Å². The summed E-state index contributed by atoms with van der Waals surface area (Å²) in [5, 5.41) is 3.16. The summed E-state index contributed by atoms with van der Waals surface area (Å²) in [6.45, 7) is 5.86. The van der Waals surface area contributed by atoms with E-state index in [-0.39, 0.29) is 36.8 Å². The molecule has 2 amide bonds. The van der Waals surface area contributed by atoms with Gasteiger partial charge in [0.2, 0.25) is 5.91 Å². The van der Waals surface area contributed by atoms with Crippen LogP contribution >= 0.6 is 15.9 Å². The standard InChI is InChI=1S/C27H34BrFN2O3/c1-4-24(27(33)30-22-8-6-5-7-9-22)31(16-20-10-12-21(29)13-11-20)25(32)17-34-23-14-18(2)26(28)19(3)15-23/h10-15,22,24H,4-9,16-17H2,1-3H3,(H,30,33). The van der Waals surface area contributed by atoms with Crippen molar-refractivity contribution < 1.29 is 18.7 Å². The zero-order valence-electron chi connectivity index (χ0n) is 20.2. The monoisotopic (exact) mass is 532 g/mol. The Bertz CT molecular complexity index is 967. The molecule has 2 aromatic rings. The summed E-state index contributed by atoms with van der Waals surface area (Å²) in [6, 6.07) is 9.30. The Kier molecular flexibility index (Phi) is 9.51. The minimum atomic E-state index is -0.628. The predicted octanol–water partition coefficient (Wildman–Crippen LogP) is 5.84. The summed E-state index contributed by atoms with van der Waals surface area (Å²) in [5.41, 5.74) is 2.79. The third kappa shape index (κ3) is 7.05. The third-order valence-electron chi connectivity index (χ3n) is 6.38. The van der Waals surface area contributed by atoms with Gasteiger partial charge in [-0.25, -0.2) is 4.39 Å². The topological polar surface area (TPSA) is 58.6 Å². The highest BCUT2D eigenvalue weighted by Crippen LogP contribution is 2.26. The number of amides is 2. The van der Waals surface area contributed by atoms with Gasteiger partial charge in [-0.2, -0.15) is 0 Å². The van der Waals surface area contributed by atoms with Crippen LogP contribution in [0.2, 0.25) is 0 Å². The minimum absolute atomic E-state index is 0.139. The van der Waals surface area contributed by atoms with Crippen LogP contribution in [-0.4, -0.2) is 35.4 Å². The van der Waals surface area contributed by atoms with E-state index in [1.54, 1.807) is 17.0 Å². The van der Waals surface area contributed by atoms with Crippen molar-refractivity contribution in [2.75, 3.05) is 6.61 Å². The molecule has 34 heavy (non-hydrogen) atoms. The summed E-state index contributed by atoms with van der Waals surface area (Å²) in [5.74, 6) is -0.158. The molecule has 1 aliphatic carbocycles. The molecule has 0 saturated heterocycles. The third-order valence-corrected chi connectivity index (χ3v) is 7.63. The molecular formula is C27H34BrFN2O3. The number of benzene rings is 2. The van der Waals surface area contributed by atoms with Crippen molar-refractivity contribution in [3.63, 3.8) is 0 Å². The van der Waals surface area contributed by atoms with E-state index in [9.17, 15) is 14.0 Å². The van der Waals surface area contributed by atoms with Gasteiger partial charge < -0.3 is 15.0 Å². The van der Waals surface area contributed by atoms with Gasteiger partial charge in [0.15, 0.2) is 6.61 Å². The van der Waals surface area contributed by atoms with Gasteiger partial charge in [-0.05, 0) is 74.1 Å². The molecule has 0 aromatic heterocycles. The number of carbonyl (C=O) groups is 2. The maximum Gasteiger partial charge on any atom is 0.261 e. The van der Waals surface area contributed by atoms with Crippen molar-refractivity contribution in [3.8, 4) is 5.75 Å². The van der Waals surface area contributed by atoms with Crippen molar-refractivity contribution in [2.45, 2.75) is 77.9 Å². The molecule has 1 N–H and O–H groups in total. The first-order valence-corrected chi connectivity index (χ1v) is 12.8. The number of rotatable bonds is 9. The van der Waals surface area contributed by atoms with Gasteiger partial charge in [-0.3, -0.25) is 9.59 Å². The highest BCUT2D eigenvalue weighted by atomic mass is 79.9. The van der Waals surface area contributed by atoms with E-state index < -0.39 is 6.04 Å². The van der Waals surface area contributed by atoms with Crippen LogP contribution in [0, 0.1) is 19.7 Å². The average molecular weight is 533 g/mol. The van der Waals surface area contributed by atoms with Crippen molar-refractivity contribution in [3.05, 3.63) is 63.4 Å². The molecule has 0 spiro atoms. The number of ether oxygens (including phenoxy) is 1. The number of aryl methyl sites for hydroxylation is 2. The average Bonchev–Trinajstić information content (AvgIpc) is 2.82. The second-order valence-electron chi connectivity index (χ2n) is 9.08. The lowest BCUT2D eigenvalue weighted by molar-refractivity contribution is -0.143. The lowest BCUT2D eigenvalue weighted by atomic mass is 9.95. The van der Waals surface area contributed by atoms with Gasteiger partial charge in [0.1, 0.15) is 17.6 Å². The molecule has 184 valence electrons. The Balaban J connectivity index is 1.77. The minimum Gasteiger partial charge on any atom is -0.484 e. The first-order valence-electron chi connectivity index (χ1n) is 12.0. The first-order chi connectivity index (χ1) is 16.3. The van der Waals surface area contributed by atoms with Gasteiger partial charge in [0.05, 0.1) is 0 Å². The maximum absolute atomic E-state index is 13.4. The largest absolute Gasteiger partial charge is 0.484 e. The number of nitrogens with one attached hydrogen (secondary N) is 1. The smallest absolute Gasteiger partial charge is 0.261 e. The van der Waals surface area contributed by atoms with Crippen LogP contribution < -0.4 is 10.1 Å². The van der Waals surface area contributed by atoms with E-state index in [4.69, 9.17) is 4.74 Å². The fourth-order valence-corrected chi connectivity index (χ4v) is 4.70. The van der Waals surface area contributed by atoms with Crippen LogP contribution in [0.5, 0.6) is 5.75 Å². The Morgan fingerprint density at radius 2 is 1.74 bits per heavy atom. The van der Waals surface area contributed by atoms with Crippen LogP contribution in [0.25, 0.3) is 0 Å². The van der Waals surface area contributed by atoms with Crippen LogP contribution in [0.15, 0.2) is 40.9 Å². The summed E-state index contributed by atoms with van der Waals surface area (Å²) in [4.78, 5) is 28.1. The summed E-state index contributed by atoms with van der Waals surface area (Å²) >= 11 is 3.54. The van der Waals surface area contributed by atoms with Gasteiger partial charge in [-0.15, -0.1) is 0 Å². The molecule has 1 aliphatic rings. The molecule has 1 saturated carbocycles. The maximum atomic E-state index is 13.4. The zero-order chi connectivity index (χ0) is 24.7. The highest BCUT2D eigenvalue weighted by molar-refractivity contribution is 9.10. The second kappa shape index (κ2) is 12.3. The summed E-state index contributed by atoms with van der Waals surface area (Å²) < 4.78 is 20.3. The lowest BCUT2D eigenvalue weighted by Gasteiger charge is -2.32. The van der Waals surface area contributed by atoms with E-state index in [2.05, 4.69) is 21.2 Å². The molecular weight excluding hydrogens is 499 g/mol. The molecule has 0 aliphatic heterocycles. The molecule has 1 atom stereocenters. The lowest BCUT2D eigenvalue weighted by Crippen LogP contribution is -2.52. The van der Waals surface area contributed by atoms with E-state index in [0.717, 1.165) is 46.8 Å². The molecule has 7 heteroatoms. The van der Waals surface area contributed by atoms with Crippen molar-refractivity contribution in [1.29, 1.82) is 0 Å². The summed E-state index contributed by atoms with van der Waals surface area (Å²) in [6.07, 6.45) is 5.84. The van der Waals surface area contributed by atoms with Crippen LogP contribution in [-0.2, 0) is 16.1 Å². The molecule has 0 bridgehead atoms. The number of nitrogens with zero attached hydrogens (tertiary/aromatic N) is 1. The highest BCUT2D eigenvalue weighted by Gasteiger charge is 2.30. The molecule has 2 aromatic carbocycles. The van der Waals surface area contributed by atoms with Crippen molar-refractivity contribution >= 4 is 27.7 Å². The second-order valence-corrected chi connectivity index (χ2v) is 9.87. The fourth-order valence-electron chi connectivity index (χ4n) is 4.47. The number of hydrogen-bond donors (Lipinski definition) is 1. The zero-order valence-corrected chi connectivity index (χ0v) is 21.8. The van der Waals surface area contributed by atoms with Gasteiger partial charge >= 0.3 is 0 Å². The fraction of sp³-hybridized carbons (Fsp3) is 0.481. The van der Waals surface area contributed by atoms with Gasteiger partial charge in [-0.1, -0.05) is 54.2 Å². The summed E-state index contributed by atoms with van der Waals surface area (Å²) in [7, 11) is 0. The molecule has 1 fully saturated rings. The Morgan fingerprint density at radius 3 is 2.32 bits per heavy atom. The van der Waals surface area contributed by atoms with Crippen molar-refractivity contribution in [1.82, 2.24) is 10.2 Å². The Morgan fingerprint density at radius 1 is 1.12 bits per heavy atom. The van der Waals surface area contributed by atoms with Crippen LogP contribution in [0.4, 0.5) is 4.39 Å². The van der Waals surface area contributed by atoms with E-state index in [0.29, 0.717) is 12.2 Å². The molecule has 3 rings (SSSR count). The van der Waals surface area contributed by atoms with Crippen LogP contribution in [0.3, 0.4) is 0 Å². The van der Waals surface area contributed by atoms with Crippen LogP contribution in [0.1, 0.15) is 62.1 Å². The molecule has 5 nitrogen and oxygen atoms in total. The SMILES string of the molecule is CCC(C(=O)NC1CCCCC1)N(Cc1ccc(F)cc1)C(=O)COc1cc(C)c(Br)c(C)c1. The first kappa shape index (κ1) is 26.2. The van der Waals surface area contributed by atoms with E-state index in [1.807, 2.05) is 32.9 Å². The van der Waals surface area contributed by atoms with Gasteiger partial charge in [0.25, 0.3) is 5.91 Å². The van der Waals surface area contributed by atoms with E-state index >= 15 is 0 Å². The normalized spacial score (nSPS) is 15.0. The number of carbonyl (C=O) groups excluding carboxylic acids is 2. The Hall–Kier alpha value is -2.41.